The Labute approximate surface area is 263 Å². The summed E-state index contributed by atoms with van der Waals surface area (Å²) in [5.41, 5.74) is -4.84. The highest BCUT2D eigenvalue weighted by Crippen LogP contribution is 2.69. The molecule has 5 rings (SSSR count). The van der Waals surface area contributed by atoms with Gasteiger partial charge in [0.1, 0.15) is 29.8 Å². The number of ether oxygens (including phenoxy) is 5. The van der Waals surface area contributed by atoms with Gasteiger partial charge in [-0.25, -0.2) is 4.79 Å². The lowest BCUT2D eigenvalue weighted by Crippen LogP contribution is -2.83. The Bertz CT molecular complexity index is 1420. The molecule has 242 valence electrons. The van der Waals surface area contributed by atoms with E-state index in [-0.39, 0.29) is 19.4 Å². The van der Waals surface area contributed by atoms with Crippen molar-refractivity contribution in [3.63, 3.8) is 0 Å². The van der Waals surface area contributed by atoms with Gasteiger partial charge in [0.05, 0.1) is 35.9 Å². The molecule has 10 heteroatoms. The van der Waals surface area contributed by atoms with Crippen LogP contribution in [-0.2, 0) is 44.7 Å². The largest absolute Gasteiger partial charge is 0.465 e. The lowest BCUT2D eigenvalue weighted by molar-refractivity contribution is -0.354. The van der Waals surface area contributed by atoms with Gasteiger partial charge in [0, 0.05) is 19.9 Å². The van der Waals surface area contributed by atoms with E-state index in [0.29, 0.717) is 0 Å². The second kappa shape index (κ2) is 12.3. The van der Waals surface area contributed by atoms with E-state index in [1.54, 1.807) is 26.8 Å². The van der Waals surface area contributed by atoms with Crippen molar-refractivity contribution in [1.29, 1.82) is 0 Å². The molecule has 2 aromatic carbocycles. The van der Waals surface area contributed by atoms with Gasteiger partial charge in [-0.2, -0.15) is 0 Å². The molecule has 0 radical (unpaired) electrons. The molecular formula is C35H42O10. The van der Waals surface area contributed by atoms with Crippen molar-refractivity contribution >= 4 is 24.0 Å². The molecule has 2 aliphatic carbocycles. The predicted molar refractivity (Wildman–Crippen MR) is 162 cm³/mol. The zero-order valence-corrected chi connectivity index (χ0v) is 26.3. The van der Waals surface area contributed by atoms with Gasteiger partial charge in [-0.05, 0) is 50.8 Å². The molecule has 0 amide bonds. The first-order valence-corrected chi connectivity index (χ1v) is 15.3. The number of esters is 3. The van der Waals surface area contributed by atoms with Crippen molar-refractivity contribution in [1.82, 2.24) is 0 Å². The standard InChI is InChI=1S/C35H42O10/c1-22(36)42-21-34-26(44-27(38)17-16-24-12-8-6-9-13-24)18-19-33(5,40)35(34)30(43-23(2)37)28(32(3,4)45-35)29(39)31(34)41-20-25-14-10-7-11-15-25/h6-17,26,28-31,39-40H,18-21H2,1-5H3/t26-,28+,29-,30+,31-,33-,34-,35-/m0/s1. The molecule has 2 saturated carbocycles. The van der Waals surface area contributed by atoms with E-state index >= 15 is 0 Å². The van der Waals surface area contributed by atoms with Gasteiger partial charge in [0.15, 0.2) is 0 Å². The molecule has 2 aromatic rings. The summed E-state index contributed by atoms with van der Waals surface area (Å²) in [6, 6.07) is 18.5. The van der Waals surface area contributed by atoms with Crippen LogP contribution in [0.5, 0.6) is 0 Å². The molecule has 1 saturated heterocycles. The van der Waals surface area contributed by atoms with Crippen molar-refractivity contribution in [3.05, 3.63) is 77.9 Å². The molecule has 2 bridgehead atoms. The number of rotatable bonds is 9. The topological polar surface area (TPSA) is 138 Å². The van der Waals surface area contributed by atoms with E-state index in [9.17, 15) is 24.6 Å². The number of carbonyl (C=O) groups excluding carboxylic acids is 3. The highest BCUT2D eigenvalue weighted by atomic mass is 16.6. The zero-order chi connectivity index (χ0) is 32.6. The van der Waals surface area contributed by atoms with E-state index in [2.05, 4.69) is 0 Å². The maximum absolute atomic E-state index is 13.4. The average molecular weight is 623 g/mol. The highest BCUT2D eigenvalue weighted by Gasteiger charge is 2.86. The van der Waals surface area contributed by atoms with Gasteiger partial charge in [-0.1, -0.05) is 60.7 Å². The van der Waals surface area contributed by atoms with Gasteiger partial charge in [0.25, 0.3) is 0 Å². The van der Waals surface area contributed by atoms with Crippen LogP contribution in [0, 0.1) is 11.3 Å². The molecule has 45 heavy (non-hydrogen) atoms. The Morgan fingerprint density at radius 2 is 1.58 bits per heavy atom. The summed E-state index contributed by atoms with van der Waals surface area (Å²) in [4.78, 5) is 38.5. The van der Waals surface area contributed by atoms with Crippen molar-refractivity contribution in [2.75, 3.05) is 6.61 Å². The van der Waals surface area contributed by atoms with Gasteiger partial charge < -0.3 is 33.9 Å². The summed E-state index contributed by atoms with van der Waals surface area (Å²) >= 11 is 0. The second-order valence-electron chi connectivity index (χ2n) is 13.0. The SMILES string of the molecule is CC(=O)OC[C@@]12[C@@H](OC(=O)C=Cc3ccccc3)CC[C@](C)(O)[C@]13OC(C)(C)[C@H]([C@H](O)[C@@H]2OCc1ccccc1)[C@H]3OC(C)=O. The third-order valence-corrected chi connectivity index (χ3v) is 9.65. The molecule has 0 aromatic heterocycles. The minimum Gasteiger partial charge on any atom is -0.465 e. The van der Waals surface area contributed by atoms with Crippen LogP contribution in [0.3, 0.4) is 0 Å². The minimum absolute atomic E-state index is 0.0442. The van der Waals surface area contributed by atoms with Gasteiger partial charge >= 0.3 is 17.9 Å². The van der Waals surface area contributed by atoms with Crippen LogP contribution in [0.4, 0.5) is 0 Å². The minimum atomic E-state index is -1.83. The van der Waals surface area contributed by atoms with Crippen molar-refractivity contribution < 1.29 is 48.3 Å². The molecule has 3 fully saturated rings. The smallest absolute Gasteiger partial charge is 0.331 e. The second-order valence-corrected chi connectivity index (χ2v) is 13.0. The maximum atomic E-state index is 13.4. The van der Waals surface area contributed by atoms with E-state index in [1.807, 2.05) is 60.7 Å². The van der Waals surface area contributed by atoms with E-state index in [1.165, 1.54) is 19.9 Å². The van der Waals surface area contributed by atoms with Crippen molar-refractivity contribution in [3.8, 4) is 0 Å². The third-order valence-electron chi connectivity index (χ3n) is 9.65. The van der Waals surface area contributed by atoms with E-state index in [4.69, 9.17) is 23.7 Å². The van der Waals surface area contributed by atoms with Gasteiger partial charge in [-0.15, -0.1) is 0 Å². The molecule has 10 nitrogen and oxygen atoms in total. The molecule has 1 aliphatic heterocycles. The predicted octanol–water partition coefficient (Wildman–Crippen LogP) is 3.76. The fourth-order valence-corrected chi connectivity index (χ4v) is 7.93. The fourth-order valence-electron chi connectivity index (χ4n) is 7.93. The lowest BCUT2D eigenvalue weighted by atomic mass is 9.46. The lowest BCUT2D eigenvalue weighted by Gasteiger charge is -2.65. The number of aliphatic hydroxyl groups is 2. The molecule has 0 unspecified atom stereocenters. The monoisotopic (exact) mass is 622 g/mol. The van der Waals surface area contributed by atoms with Crippen molar-refractivity contribution in [2.45, 2.75) is 95.3 Å². The normalized spacial score (nSPS) is 35.0. The van der Waals surface area contributed by atoms with Gasteiger partial charge in [-0.3, -0.25) is 9.59 Å². The number of benzene rings is 2. The summed E-state index contributed by atoms with van der Waals surface area (Å²) in [5.74, 6) is -2.84. The molecule has 8 atom stereocenters. The molecule has 1 heterocycles. The average Bonchev–Trinajstić information content (AvgIpc) is 3.19. The number of hydrogen-bond donors (Lipinski definition) is 2. The van der Waals surface area contributed by atoms with Crippen LogP contribution in [0.2, 0.25) is 0 Å². The Morgan fingerprint density at radius 1 is 0.933 bits per heavy atom. The van der Waals surface area contributed by atoms with E-state index < -0.39 is 77.1 Å². The third kappa shape index (κ3) is 5.69. The Morgan fingerprint density at radius 3 is 2.20 bits per heavy atom. The van der Waals surface area contributed by atoms with Crippen LogP contribution >= 0.6 is 0 Å². The zero-order valence-electron chi connectivity index (χ0n) is 26.3. The van der Waals surface area contributed by atoms with Crippen LogP contribution in [0.1, 0.15) is 58.6 Å². The van der Waals surface area contributed by atoms with Crippen molar-refractivity contribution in [2.24, 2.45) is 11.3 Å². The highest BCUT2D eigenvalue weighted by molar-refractivity contribution is 5.87. The van der Waals surface area contributed by atoms with Crippen LogP contribution in [0.25, 0.3) is 6.08 Å². The fraction of sp³-hybridized carbons (Fsp3) is 0.514. The van der Waals surface area contributed by atoms with Crippen LogP contribution in [0.15, 0.2) is 66.7 Å². The summed E-state index contributed by atoms with van der Waals surface area (Å²) < 4.78 is 31.2. The summed E-state index contributed by atoms with van der Waals surface area (Å²) in [6.07, 6.45) is -1.76. The maximum Gasteiger partial charge on any atom is 0.331 e. The van der Waals surface area contributed by atoms with Crippen LogP contribution in [-0.4, -0.2) is 75.9 Å². The summed E-state index contributed by atoms with van der Waals surface area (Å²) in [7, 11) is 0. The first kappa shape index (κ1) is 32.8. The summed E-state index contributed by atoms with van der Waals surface area (Å²) in [6.45, 7) is 7.12. The Balaban J connectivity index is 1.69. The first-order chi connectivity index (χ1) is 21.2. The number of aliphatic hydroxyl groups excluding tert-OH is 1. The number of carbonyl (C=O) groups is 3. The van der Waals surface area contributed by atoms with Crippen LogP contribution < -0.4 is 0 Å². The van der Waals surface area contributed by atoms with Gasteiger partial charge in [0.2, 0.25) is 0 Å². The molecule has 2 N–H and O–H groups in total. The number of fused-ring (bicyclic) bond motifs is 1. The Kier molecular flexibility index (Phi) is 8.98. The molecular weight excluding hydrogens is 580 g/mol. The molecule has 3 aliphatic rings. The molecule has 1 spiro atoms. The van der Waals surface area contributed by atoms with E-state index in [0.717, 1.165) is 11.1 Å². The quantitative estimate of drug-likeness (QED) is 0.242. The Hall–Kier alpha value is -3.57. The number of hydrogen-bond acceptors (Lipinski definition) is 10. The summed E-state index contributed by atoms with van der Waals surface area (Å²) in [5, 5.41) is 24.6. The first-order valence-electron chi connectivity index (χ1n) is 15.3.